The maximum absolute atomic E-state index is 5.83. The van der Waals surface area contributed by atoms with Gasteiger partial charge < -0.3 is 0 Å². The molecule has 0 N–H and O–H groups in total. The van der Waals surface area contributed by atoms with Crippen molar-refractivity contribution in [1.29, 1.82) is 0 Å². The number of piperidine rings is 1. The van der Waals surface area contributed by atoms with Crippen LogP contribution in [0.25, 0.3) is 0 Å². The first-order valence-electron chi connectivity index (χ1n) is 3.02. The highest BCUT2D eigenvalue weighted by Gasteiger charge is 2.18. The molecule has 1 unspecified atom stereocenters. The van der Waals surface area contributed by atoms with Crippen molar-refractivity contribution in [2.75, 3.05) is 6.54 Å². The zero-order valence-corrected chi connectivity index (χ0v) is 5.69. The molecular weight excluding hydrogens is 122 g/mol. The zero-order valence-electron chi connectivity index (χ0n) is 4.94. The van der Waals surface area contributed by atoms with E-state index in [0.29, 0.717) is 0 Å². The second-order valence-corrected chi connectivity index (χ2v) is 2.75. The van der Waals surface area contributed by atoms with Crippen LogP contribution in [0.4, 0.5) is 0 Å². The predicted octanol–water partition coefficient (Wildman–Crippen LogP) is 1.45. The third-order valence-electron chi connectivity index (χ3n) is 1.53. The lowest BCUT2D eigenvalue weighted by Gasteiger charge is -2.12. The summed E-state index contributed by atoms with van der Waals surface area (Å²) in [5.41, 5.74) is 0.198. The van der Waals surface area contributed by atoms with Crippen molar-refractivity contribution in [3.63, 3.8) is 0 Å². The van der Waals surface area contributed by atoms with E-state index in [2.05, 4.69) is 6.72 Å². The molecule has 0 aromatic heterocycles. The van der Waals surface area contributed by atoms with E-state index in [4.69, 9.17) is 11.6 Å². The normalized spacial score (nSPS) is 30.6. The van der Waals surface area contributed by atoms with Crippen LogP contribution in [-0.2, 0) is 0 Å². The van der Waals surface area contributed by atoms with Crippen LogP contribution in [-0.4, -0.2) is 23.3 Å². The summed E-state index contributed by atoms with van der Waals surface area (Å²) < 4.78 is 1.95. The molecule has 0 radical (unpaired) electrons. The molecule has 8 heavy (non-hydrogen) atoms. The summed E-state index contributed by atoms with van der Waals surface area (Å²) in [6, 6.07) is 0. The van der Waals surface area contributed by atoms with E-state index in [1.54, 1.807) is 0 Å². The molecule has 2 heteroatoms. The van der Waals surface area contributed by atoms with Crippen LogP contribution in [0.1, 0.15) is 19.3 Å². The third-order valence-corrected chi connectivity index (χ3v) is 2.03. The fourth-order valence-corrected chi connectivity index (χ4v) is 1.20. The summed E-state index contributed by atoms with van der Waals surface area (Å²) >= 11 is 5.83. The van der Waals surface area contributed by atoms with Crippen LogP contribution in [0, 0.1) is 0 Å². The Labute approximate surface area is 55.0 Å². The number of halogens is 1. The average Bonchev–Trinajstić information content (AvgIpc) is 1.77. The summed E-state index contributed by atoms with van der Waals surface area (Å²) in [6.07, 6.45) is 3.62. The van der Waals surface area contributed by atoms with E-state index in [0.717, 1.165) is 13.0 Å². The lowest BCUT2D eigenvalue weighted by Crippen LogP contribution is -2.25. The number of alkyl halides is 1. The van der Waals surface area contributed by atoms with Gasteiger partial charge in [-0.3, -0.25) is 0 Å². The highest BCUT2D eigenvalue weighted by atomic mass is 35.5. The van der Waals surface area contributed by atoms with Crippen molar-refractivity contribution in [1.82, 2.24) is 0 Å². The maximum Gasteiger partial charge on any atom is 0.226 e. The smallest absolute Gasteiger partial charge is 0.226 e. The Morgan fingerprint density at radius 2 is 2.25 bits per heavy atom. The van der Waals surface area contributed by atoms with E-state index in [1.165, 1.54) is 12.8 Å². The first-order chi connectivity index (χ1) is 3.80. The van der Waals surface area contributed by atoms with Gasteiger partial charge in [-0.25, -0.2) is 4.58 Å². The van der Waals surface area contributed by atoms with E-state index in [1.807, 2.05) is 4.58 Å². The van der Waals surface area contributed by atoms with Gasteiger partial charge in [-0.05, 0) is 18.0 Å². The minimum Gasteiger partial charge on any atom is -0.226 e. The average molecular weight is 133 g/mol. The molecule has 1 rings (SSSR count). The van der Waals surface area contributed by atoms with Crippen molar-refractivity contribution < 1.29 is 4.58 Å². The highest BCUT2D eigenvalue weighted by Crippen LogP contribution is 2.13. The van der Waals surface area contributed by atoms with Crippen molar-refractivity contribution in [2.24, 2.45) is 0 Å². The number of rotatable bonds is 0. The van der Waals surface area contributed by atoms with Crippen LogP contribution in [0.2, 0.25) is 0 Å². The molecule has 0 aromatic rings. The molecule has 0 aliphatic carbocycles. The molecule has 46 valence electrons. The Balaban J connectivity index is 2.39. The Morgan fingerprint density at radius 1 is 1.50 bits per heavy atom. The van der Waals surface area contributed by atoms with Gasteiger partial charge in [0.15, 0.2) is 0 Å². The first-order valence-corrected chi connectivity index (χ1v) is 3.45. The van der Waals surface area contributed by atoms with Gasteiger partial charge in [-0.15, -0.1) is 0 Å². The molecule has 0 aromatic carbocycles. The fraction of sp³-hybridized carbons (Fsp3) is 0.833. The molecule has 1 nitrogen and oxygen atoms in total. The van der Waals surface area contributed by atoms with E-state index in [-0.39, 0.29) is 5.50 Å². The Morgan fingerprint density at radius 3 is 2.62 bits per heavy atom. The minimum absolute atomic E-state index is 0.198. The predicted molar refractivity (Wildman–Crippen MR) is 35.7 cm³/mol. The fourth-order valence-electron chi connectivity index (χ4n) is 0.950. The second-order valence-electron chi connectivity index (χ2n) is 2.24. The largest absolute Gasteiger partial charge is 0.226 e. The lowest BCUT2D eigenvalue weighted by molar-refractivity contribution is -0.546. The molecule has 0 saturated carbocycles. The van der Waals surface area contributed by atoms with E-state index < -0.39 is 0 Å². The summed E-state index contributed by atoms with van der Waals surface area (Å²) in [7, 11) is 0. The van der Waals surface area contributed by atoms with Crippen molar-refractivity contribution in [2.45, 2.75) is 24.8 Å². The molecule has 1 fully saturated rings. The quantitative estimate of drug-likeness (QED) is 0.267. The Hall–Kier alpha value is -0.0400. The number of nitrogens with zero attached hydrogens (tertiary/aromatic N) is 1. The molecule has 1 atom stereocenters. The second kappa shape index (κ2) is 2.49. The van der Waals surface area contributed by atoms with Crippen molar-refractivity contribution in [3.8, 4) is 0 Å². The van der Waals surface area contributed by atoms with Crippen molar-refractivity contribution >= 4 is 18.3 Å². The third kappa shape index (κ3) is 1.22. The van der Waals surface area contributed by atoms with E-state index in [9.17, 15) is 0 Å². The molecule has 1 saturated heterocycles. The van der Waals surface area contributed by atoms with Gasteiger partial charge in [0.05, 0.1) is 0 Å². The highest BCUT2D eigenvalue weighted by molar-refractivity contribution is 6.19. The monoisotopic (exact) mass is 132 g/mol. The summed E-state index contributed by atoms with van der Waals surface area (Å²) in [6.45, 7) is 4.84. The Bertz CT molecular complexity index is 101. The molecular formula is C6H11ClN+. The topological polar surface area (TPSA) is 3.01 Å². The lowest BCUT2D eigenvalue weighted by atomic mass is 10.2. The summed E-state index contributed by atoms with van der Waals surface area (Å²) in [5.74, 6) is 0. The van der Waals surface area contributed by atoms with Crippen LogP contribution in [0.5, 0.6) is 0 Å². The molecule has 0 amide bonds. The van der Waals surface area contributed by atoms with Gasteiger partial charge in [0.1, 0.15) is 13.3 Å². The summed E-state index contributed by atoms with van der Waals surface area (Å²) in [4.78, 5) is 0. The van der Waals surface area contributed by atoms with Gasteiger partial charge in [0.2, 0.25) is 5.50 Å². The summed E-state index contributed by atoms with van der Waals surface area (Å²) in [5, 5.41) is 0. The SMILES string of the molecule is C=[N+]1CCCCC1Cl. The van der Waals surface area contributed by atoms with Crippen LogP contribution in [0.3, 0.4) is 0 Å². The van der Waals surface area contributed by atoms with Gasteiger partial charge >= 0.3 is 0 Å². The Kier molecular flexibility index (Phi) is 1.90. The van der Waals surface area contributed by atoms with Crippen molar-refractivity contribution in [3.05, 3.63) is 0 Å². The number of hydrogen-bond donors (Lipinski definition) is 0. The van der Waals surface area contributed by atoms with Gasteiger partial charge in [0.25, 0.3) is 0 Å². The van der Waals surface area contributed by atoms with E-state index >= 15 is 0 Å². The van der Waals surface area contributed by atoms with Gasteiger partial charge in [0, 0.05) is 12.8 Å². The molecule has 1 aliphatic rings. The molecule has 0 bridgehead atoms. The maximum atomic E-state index is 5.83. The molecule has 1 heterocycles. The molecule has 1 aliphatic heterocycles. The molecule has 0 spiro atoms. The minimum atomic E-state index is 0.198. The number of hydrogen-bond acceptors (Lipinski definition) is 0. The van der Waals surface area contributed by atoms with Gasteiger partial charge in [-0.2, -0.15) is 0 Å². The zero-order chi connectivity index (χ0) is 5.98. The van der Waals surface area contributed by atoms with Gasteiger partial charge in [-0.1, -0.05) is 0 Å². The standard InChI is InChI=1S/C6H11ClN/c1-8-5-3-2-4-6(8)7/h6H,1-5H2/q+1. The first kappa shape index (κ1) is 6.09. The van der Waals surface area contributed by atoms with Crippen LogP contribution >= 0.6 is 11.6 Å². The van der Waals surface area contributed by atoms with Crippen LogP contribution in [0.15, 0.2) is 0 Å². The van der Waals surface area contributed by atoms with Crippen LogP contribution < -0.4 is 0 Å².